The molecule has 0 fully saturated rings. The summed E-state index contributed by atoms with van der Waals surface area (Å²) in [5.41, 5.74) is 17.7. The Balaban J connectivity index is 1.51. The smallest absolute Gasteiger partial charge is 0.323 e. The van der Waals surface area contributed by atoms with Crippen molar-refractivity contribution in [1.82, 2.24) is 4.90 Å². The number of hydrogen-bond donors (Lipinski definition) is 5. The molecule has 0 saturated heterocycles. The summed E-state index contributed by atoms with van der Waals surface area (Å²) in [6.45, 7) is 13.7. The van der Waals surface area contributed by atoms with Gasteiger partial charge in [0.2, 0.25) is 11.8 Å². The van der Waals surface area contributed by atoms with Crippen LogP contribution < -0.4 is 16.4 Å². The second kappa shape index (κ2) is 17.3. The number of hydrogen-bond acceptors (Lipinski definition) is 9. The topological polar surface area (TPSA) is 230 Å². The molecule has 1 heterocycles. The van der Waals surface area contributed by atoms with Gasteiger partial charge in [0, 0.05) is 45.6 Å². The van der Waals surface area contributed by atoms with E-state index in [0.717, 1.165) is 66.3 Å². The van der Waals surface area contributed by atoms with Crippen molar-refractivity contribution in [2.75, 3.05) is 18.4 Å². The Morgan fingerprint density at radius 3 is 1.84 bits per heavy atom. The van der Waals surface area contributed by atoms with Crippen molar-refractivity contribution in [3.63, 3.8) is 0 Å². The molecule has 4 aromatic carbocycles. The molecule has 15 heteroatoms. The van der Waals surface area contributed by atoms with E-state index in [1.807, 2.05) is 67.5 Å². The molecule has 6 N–H and O–H groups in total. The van der Waals surface area contributed by atoms with E-state index in [0.29, 0.717) is 44.5 Å². The highest BCUT2D eigenvalue weighted by Crippen LogP contribution is 2.44. The third kappa shape index (κ3) is 8.81. The first-order valence-corrected chi connectivity index (χ1v) is 21.1. The molecule has 0 saturated carbocycles. The van der Waals surface area contributed by atoms with Crippen molar-refractivity contribution in [3.8, 4) is 22.5 Å². The van der Waals surface area contributed by atoms with E-state index < -0.39 is 47.0 Å². The lowest BCUT2D eigenvalue weighted by atomic mass is 9.89. The SMILES string of the molecule is Cc1c(C)c(N=c2ccc3c(-c4ccccc4S(=O)(=O)O)c4ccc(Nc5c(C)c(C)c(CC(=O)N(CC(=O)O)CC(=O)O)c(C)c5C)cc4oc-3c2)c(C)c(C)c1CC(N)=O. The van der Waals surface area contributed by atoms with Crippen LogP contribution in [-0.2, 0) is 42.1 Å². The number of amides is 2. The Kier molecular flexibility index (Phi) is 12.4. The number of anilines is 2. The third-order valence-corrected chi connectivity index (χ3v) is 12.8. The van der Waals surface area contributed by atoms with Gasteiger partial charge in [-0.1, -0.05) is 18.2 Å². The molecule has 0 aromatic heterocycles. The monoisotopic (exact) mass is 860 g/mol. The fourth-order valence-electron chi connectivity index (χ4n) is 8.13. The minimum atomic E-state index is -4.66. The molecule has 0 unspecified atom stereocenters. The van der Waals surface area contributed by atoms with Gasteiger partial charge in [0.25, 0.3) is 10.1 Å². The lowest BCUT2D eigenvalue weighted by Crippen LogP contribution is -2.40. The lowest BCUT2D eigenvalue weighted by Gasteiger charge is -2.24. The molecule has 0 bridgehead atoms. The van der Waals surface area contributed by atoms with Gasteiger partial charge < -0.3 is 30.6 Å². The summed E-state index contributed by atoms with van der Waals surface area (Å²) < 4.78 is 42.5. The fraction of sp³-hybridized carbons (Fsp3) is 0.255. The first-order valence-electron chi connectivity index (χ1n) is 19.7. The van der Waals surface area contributed by atoms with E-state index in [4.69, 9.17) is 15.1 Å². The highest BCUT2D eigenvalue weighted by atomic mass is 32.2. The van der Waals surface area contributed by atoms with Crippen LogP contribution in [0.5, 0.6) is 0 Å². The average Bonchev–Trinajstić information content (AvgIpc) is 3.20. The molecule has 14 nitrogen and oxygen atoms in total. The molecule has 0 spiro atoms. The lowest BCUT2D eigenvalue weighted by molar-refractivity contribution is -0.149. The molecular weight excluding hydrogens is 813 g/mol. The highest BCUT2D eigenvalue weighted by Gasteiger charge is 2.26. The molecule has 1 aliphatic carbocycles. The normalized spacial score (nSPS) is 11.9. The molecule has 322 valence electrons. The van der Waals surface area contributed by atoms with Crippen molar-refractivity contribution >= 4 is 61.9 Å². The van der Waals surface area contributed by atoms with Gasteiger partial charge in [0.15, 0.2) is 0 Å². The van der Waals surface area contributed by atoms with Gasteiger partial charge in [-0.05, 0) is 141 Å². The Morgan fingerprint density at radius 2 is 1.27 bits per heavy atom. The Morgan fingerprint density at radius 1 is 0.710 bits per heavy atom. The summed E-state index contributed by atoms with van der Waals surface area (Å²) in [5.74, 6) is -3.30. The van der Waals surface area contributed by atoms with Crippen LogP contribution in [0.4, 0.5) is 17.1 Å². The van der Waals surface area contributed by atoms with Crippen LogP contribution in [0.2, 0.25) is 0 Å². The van der Waals surface area contributed by atoms with Crippen LogP contribution in [0, 0.1) is 55.4 Å². The zero-order chi connectivity index (χ0) is 45.5. The van der Waals surface area contributed by atoms with Gasteiger partial charge in [-0.25, -0.2) is 4.99 Å². The fourth-order valence-corrected chi connectivity index (χ4v) is 8.83. The first-order chi connectivity index (χ1) is 29.1. The van der Waals surface area contributed by atoms with Crippen LogP contribution in [0.3, 0.4) is 0 Å². The van der Waals surface area contributed by atoms with E-state index in [2.05, 4.69) is 5.32 Å². The summed E-state index contributed by atoms with van der Waals surface area (Å²) in [7, 11) is -4.66. The van der Waals surface area contributed by atoms with Crippen LogP contribution in [-0.4, -0.2) is 64.9 Å². The quantitative estimate of drug-likeness (QED) is 0.0565. The number of aliphatic carboxylic acids is 2. The number of carboxylic acid groups (broad SMARTS) is 2. The highest BCUT2D eigenvalue weighted by molar-refractivity contribution is 7.86. The second-order valence-electron chi connectivity index (χ2n) is 15.6. The number of carboxylic acids is 2. The number of nitrogens with two attached hydrogens (primary N) is 1. The zero-order valence-corrected chi connectivity index (χ0v) is 36.5. The maximum absolute atomic E-state index is 13.2. The Bertz CT molecular complexity index is 2950. The molecule has 0 atom stereocenters. The van der Waals surface area contributed by atoms with E-state index in [-0.39, 0.29) is 23.3 Å². The largest absolute Gasteiger partial charge is 0.480 e. The number of carbonyl (C=O) groups is 4. The van der Waals surface area contributed by atoms with Crippen LogP contribution >= 0.6 is 0 Å². The number of primary amides is 1. The van der Waals surface area contributed by atoms with Crippen LogP contribution in [0.15, 0.2) is 75.0 Å². The van der Waals surface area contributed by atoms with E-state index in [9.17, 15) is 42.4 Å². The molecule has 62 heavy (non-hydrogen) atoms. The van der Waals surface area contributed by atoms with Crippen molar-refractivity contribution in [2.24, 2.45) is 10.7 Å². The maximum Gasteiger partial charge on any atom is 0.323 e. The molecule has 0 radical (unpaired) electrons. The minimum absolute atomic E-state index is 0.113. The predicted octanol–water partition coefficient (Wildman–Crippen LogP) is 7.46. The van der Waals surface area contributed by atoms with Gasteiger partial charge in [-0.2, -0.15) is 8.42 Å². The zero-order valence-electron chi connectivity index (χ0n) is 35.7. The summed E-state index contributed by atoms with van der Waals surface area (Å²) in [5, 5.41) is 23.2. The van der Waals surface area contributed by atoms with E-state index in [1.54, 1.807) is 36.4 Å². The minimum Gasteiger partial charge on any atom is -0.480 e. The Hall–Kier alpha value is -6.84. The molecule has 1 aliphatic heterocycles. The number of fused-ring (bicyclic) bond motifs is 2. The molecule has 6 rings (SSSR count). The predicted molar refractivity (Wildman–Crippen MR) is 236 cm³/mol. The second-order valence-corrected chi connectivity index (χ2v) is 17.0. The summed E-state index contributed by atoms with van der Waals surface area (Å²) in [4.78, 5) is 53.5. The summed E-state index contributed by atoms with van der Waals surface area (Å²) in [6.07, 6.45) is -0.0781. The average molecular weight is 861 g/mol. The van der Waals surface area contributed by atoms with Gasteiger partial charge in [-0.15, -0.1) is 0 Å². The van der Waals surface area contributed by atoms with Crippen molar-refractivity contribution in [3.05, 3.63) is 122 Å². The van der Waals surface area contributed by atoms with Gasteiger partial charge in [0.1, 0.15) is 29.3 Å². The summed E-state index contributed by atoms with van der Waals surface area (Å²) >= 11 is 0. The maximum atomic E-state index is 13.2. The number of nitrogens with one attached hydrogen (secondary N) is 1. The summed E-state index contributed by atoms with van der Waals surface area (Å²) in [6, 6.07) is 17.0. The molecule has 2 amide bonds. The molecule has 4 aromatic rings. The molecular formula is C47H48N4O10S. The number of benzene rings is 5. The van der Waals surface area contributed by atoms with Crippen LogP contribution in [0.25, 0.3) is 33.4 Å². The first kappa shape index (κ1) is 44.7. The standard InChI is InChI=1S/C47H48N4O10S/c1-23-27(5)46(28(6)24(2)36(23)19-41(48)52)49-31-13-15-33-38(17-31)61-39-18-32(14-16-34(39)45(33)35-11-9-10-12-40(35)62(58,59)60)50-47-29(7)25(3)37(26(4)30(47)8)20-42(53)51(21-43(54)55)22-44(56)57/h9-18,50H,19-22H2,1-8H3,(H2,48,52)(H,54,55)(H,56,57)(H,58,59,60). The van der Waals surface area contributed by atoms with Crippen molar-refractivity contribution in [2.45, 2.75) is 73.1 Å². The van der Waals surface area contributed by atoms with Gasteiger partial charge in [-0.3, -0.25) is 23.7 Å². The number of rotatable bonds is 13. The number of nitrogens with zero attached hydrogens (tertiary/aromatic N) is 2. The van der Waals surface area contributed by atoms with Gasteiger partial charge in [0.05, 0.1) is 23.9 Å². The van der Waals surface area contributed by atoms with E-state index >= 15 is 0 Å². The van der Waals surface area contributed by atoms with Gasteiger partial charge >= 0.3 is 11.9 Å². The number of carbonyl (C=O) groups excluding carboxylic acids is 2. The van der Waals surface area contributed by atoms with E-state index in [1.165, 1.54) is 12.1 Å². The van der Waals surface area contributed by atoms with Crippen molar-refractivity contribution < 1.29 is 46.8 Å². The third-order valence-electron chi connectivity index (χ3n) is 11.9. The Labute approximate surface area is 358 Å². The van der Waals surface area contributed by atoms with Crippen molar-refractivity contribution in [1.29, 1.82) is 0 Å². The van der Waals surface area contributed by atoms with Crippen LogP contribution in [0.1, 0.15) is 55.6 Å². The molecule has 2 aliphatic rings.